The predicted octanol–water partition coefficient (Wildman–Crippen LogP) is 3.81. The van der Waals surface area contributed by atoms with E-state index in [-0.39, 0.29) is 23.5 Å². The summed E-state index contributed by atoms with van der Waals surface area (Å²) < 4.78 is 15.5. The number of halogens is 1. The Hall–Kier alpha value is -3.48. The third kappa shape index (κ3) is 4.10. The molecular weight excluding hydrogens is 383 g/mol. The molecule has 0 radical (unpaired) electrons. The van der Waals surface area contributed by atoms with Crippen LogP contribution in [0.5, 0.6) is 0 Å². The van der Waals surface area contributed by atoms with Gasteiger partial charge in [0.1, 0.15) is 11.5 Å². The number of nitrogens with one attached hydrogen (secondary N) is 1. The van der Waals surface area contributed by atoms with Crippen LogP contribution in [0.2, 0.25) is 0 Å². The Labute approximate surface area is 174 Å². The number of piperidine rings is 1. The maximum atomic E-state index is 13.7. The molecule has 1 aliphatic heterocycles. The quantitative estimate of drug-likeness (QED) is 0.716. The third-order valence-electron chi connectivity index (χ3n) is 5.48. The lowest BCUT2D eigenvalue weighted by Gasteiger charge is -2.31. The number of rotatable bonds is 4. The van der Waals surface area contributed by atoms with E-state index in [0.29, 0.717) is 42.9 Å². The van der Waals surface area contributed by atoms with E-state index in [9.17, 15) is 14.0 Å². The number of benzene rings is 1. The van der Waals surface area contributed by atoms with Gasteiger partial charge in [-0.05, 0) is 61.7 Å². The van der Waals surface area contributed by atoms with Crippen LogP contribution in [0.1, 0.15) is 28.9 Å². The fourth-order valence-corrected chi connectivity index (χ4v) is 3.70. The smallest absolute Gasteiger partial charge is 0.270 e. The standard InChI is InChI=1S/C23H23FN4O2/c1-16-6-7-18(14-20(16)24)26-22(29)17-8-12-27(13-9-17)23(30)21-5-3-11-28(21)19-4-2-10-25-15-19/h2-7,10-11,14-15,17H,8-9,12-13H2,1H3,(H,26,29). The van der Waals surface area contributed by atoms with Gasteiger partial charge in [-0.1, -0.05) is 6.07 Å². The lowest BCUT2D eigenvalue weighted by molar-refractivity contribution is -0.121. The van der Waals surface area contributed by atoms with E-state index in [1.807, 2.05) is 29.0 Å². The fraction of sp³-hybridized carbons (Fsp3) is 0.261. The average Bonchev–Trinajstić information content (AvgIpc) is 3.26. The van der Waals surface area contributed by atoms with E-state index >= 15 is 0 Å². The van der Waals surface area contributed by atoms with Gasteiger partial charge in [0, 0.05) is 37.1 Å². The number of pyridine rings is 1. The first-order valence-electron chi connectivity index (χ1n) is 9.97. The molecule has 0 aliphatic carbocycles. The van der Waals surface area contributed by atoms with Gasteiger partial charge in [0.25, 0.3) is 5.91 Å². The van der Waals surface area contributed by atoms with Crippen molar-refractivity contribution in [2.24, 2.45) is 5.92 Å². The number of carbonyl (C=O) groups excluding carboxylic acids is 2. The van der Waals surface area contributed by atoms with Crippen LogP contribution in [0.4, 0.5) is 10.1 Å². The zero-order valence-electron chi connectivity index (χ0n) is 16.7. The van der Waals surface area contributed by atoms with Gasteiger partial charge in [0.15, 0.2) is 0 Å². The van der Waals surface area contributed by atoms with Crippen LogP contribution in [-0.4, -0.2) is 39.4 Å². The molecule has 0 atom stereocenters. The number of amides is 2. The molecule has 0 bridgehead atoms. The summed E-state index contributed by atoms with van der Waals surface area (Å²) in [6.07, 6.45) is 6.38. The van der Waals surface area contributed by atoms with Crippen LogP contribution in [-0.2, 0) is 4.79 Å². The summed E-state index contributed by atoms with van der Waals surface area (Å²) in [5.74, 6) is -0.749. The lowest BCUT2D eigenvalue weighted by atomic mass is 9.95. The largest absolute Gasteiger partial charge is 0.337 e. The molecule has 3 heterocycles. The molecule has 0 spiro atoms. The molecule has 1 aromatic carbocycles. The number of anilines is 1. The van der Waals surface area contributed by atoms with E-state index in [1.54, 1.807) is 42.4 Å². The third-order valence-corrected chi connectivity index (χ3v) is 5.48. The van der Waals surface area contributed by atoms with Crippen molar-refractivity contribution in [1.29, 1.82) is 0 Å². The Kier molecular flexibility index (Phi) is 5.61. The Morgan fingerprint density at radius 2 is 1.93 bits per heavy atom. The van der Waals surface area contributed by atoms with Crippen LogP contribution >= 0.6 is 0 Å². The molecule has 0 saturated carbocycles. The Balaban J connectivity index is 1.38. The molecular formula is C23H23FN4O2. The Morgan fingerprint density at radius 3 is 2.63 bits per heavy atom. The molecule has 4 rings (SSSR count). The minimum absolute atomic E-state index is 0.0664. The van der Waals surface area contributed by atoms with Crippen molar-refractivity contribution in [3.63, 3.8) is 0 Å². The minimum Gasteiger partial charge on any atom is -0.337 e. The summed E-state index contributed by atoms with van der Waals surface area (Å²) in [6.45, 7) is 2.67. The summed E-state index contributed by atoms with van der Waals surface area (Å²) in [4.78, 5) is 31.5. The number of aromatic nitrogens is 2. The number of carbonyl (C=O) groups is 2. The molecule has 6 nitrogen and oxygen atoms in total. The van der Waals surface area contributed by atoms with Crippen LogP contribution in [0.15, 0.2) is 61.1 Å². The van der Waals surface area contributed by atoms with Crippen molar-refractivity contribution in [1.82, 2.24) is 14.5 Å². The first kappa shape index (κ1) is 19.8. The van der Waals surface area contributed by atoms with E-state index in [0.717, 1.165) is 5.69 Å². The van der Waals surface area contributed by atoms with Gasteiger partial charge < -0.3 is 14.8 Å². The van der Waals surface area contributed by atoms with Crippen molar-refractivity contribution < 1.29 is 14.0 Å². The molecule has 1 saturated heterocycles. The molecule has 1 fully saturated rings. The molecule has 3 aromatic rings. The maximum Gasteiger partial charge on any atom is 0.270 e. The summed E-state index contributed by atoms with van der Waals surface area (Å²) >= 11 is 0. The van der Waals surface area contributed by atoms with Gasteiger partial charge in [-0.15, -0.1) is 0 Å². The van der Waals surface area contributed by atoms with Gasteiger partial charge in [0.05, 0.1) is 11.9 Å². The monoisotopic (exact) mass is 406 g/mol. The second-order valence-electron chi connectivity index (χ2n) is 7.49. The second kappa shape index (κ2) is 8.49. The number of hydrogen-bond acceptors (Lipinski definition) is 3. The first-order chi connectivity index (χ1) is 14.5. The van der Waals surface area contributed by atoms with Crippen LogP contribution in [0.25, 0.3) is 5.69 Å². The van der Waals surface area contributed by atoms with Crippen molar-refractivity contribution in [2.45, 2.75) is 19.8 Å². The summed E-state index contributed by atoms with van der Waals surface area (Å²) in [5, 5.41) is 2.79. The molecule has 7 heteroatoms. The van der Waals surface area contributed by atoms with E-state index in [1.165, 1.54) is 6.07 Å². The highest BCUT2D eigenvalue weighted by molar-refractivity contribution is 5.95. The van der Waals surface area contributed by atoms with Crippen molar-refractivity contribution in [2.75, 3.05) is 18.4 Å². The van der Waals surface area contributed by atoms with E-state index in [4.69, 9.17) is 0 Å². The first-order valence-corrected chi connectivity index (χ1v) is 9.97. The maximum absolute atomic E-state index is 13.7. The topological polar surface area (TPSA) is 67.2 Å². The normalized spacial score (nSPS) is 14.5. The SMILES string of the molecule is Cc1ccc(NC(=O)C2CCN(C(=O)c3cccn3-c3cccnc3)CC2)cc1F. The van der Waals surface area contributed by atoms with E-state index in [2.05, 4.69) is 10.3 Å². The molecule has 0 unspecified atom stereocenters. The van der Waals surface area contributed by atoms with Gasteiger partial charge in [-0.3, -0.25) is 14.6 Å². The summed E-state index contributed by atoms with van der Waals surface area (Å²) in [6, 6.07) is 12.0. The zero-order valence-corrected chi connectivity index (χ0v) is 16.7. The van der Waals surface area contributed by atoms with Gasteiger partial charge in [-0.2, -0.15) is 0 Å². The molecule has 1 N–H and O–H groups in total. The molecule has 1 aliphatic rings. The molecule has 154 valence electrons. The van der Waals surface area contributed by atoms with Gasteiger partial charge in [0.2, 0.25) is 5.91 Å². The van der Waals surface area contributed by atoms with Crippen LogP contribution < -0.4 is 5.32 Å². The Morgan fingerprint density at radius 1 is 1.13 bits per heavy atom. The highest BCUT2D eigenvalue weighted by atomic mass is 19.1. The predicted molar refractivity (Wildman–Crippen MR) is 112 cm³/mol. The van der Waals surface area contributed by atoms with Crippen molar-refractivity contribution in [3.05, 3.63) is 78.1 Å². The number of aryl methyl sites for hydroxylation is 1. The average molecular weight is 406 g/mol. The Bertz CT molecular complexity index is 1060. The number of likely N-dealkylation sites (tertiary alicyclic amines) is 1. The zero-order chi connectivity index (χ0) is 21.1. The van der Waals surface area contributed by atoms with Crippen LogP contribution in [0.3, 0.4) is 0 Å². The van der Waals surface area contributed by atoms with Crippen LogP contribution in [0, 0.1) is 18.7 Å². The fourth-order valence-electron chi connectivity index (χ4n) is 3.70. The van der Waals surface area contributed by atoms with Crippen molar-refractivity contribution >= 4 is 17.5 Å². The minimum atomic E-state index is -0.343. The summed E-state index contributed by atoms with van der Waals surface area (Å²) in [5.41, 5.74) is 2.39. The summed E-state index contributed by atoms with van der Waals surface area (Å²) in [7, 11) is 0. The van der Waals surface area contributed by atoms with Crippen molar-refractivity contribution in [3.8, 4) is 5.69 Å². The number of hydrogen-bond donors (Lipinski definition) is 1. The second-order valence-corrected chi connectivity index (χ2v) is 7.49. The highest BCUT2D eigenvalue weighted by Crippen LogP contribution is 2.23. The molecule has 2 aromatic heterocycles. The lowest BCUT2D eigenvalue weighted by Crippen LogP contribution is -2.42. The van der Waals surface area contributed by atoms with E-state index < -0.39 is 0 Å². The molecule has 30 heavy (non-hydrogen) atoms. The van der Waals surface area contributed by atoms with Gasteiger partial charge >= 0.3 is 0 Å². The molecule has 2 amide bonds. The number of nitrogens with zero attached hydrogens (tertiary/aromatic N) is 3. The van der Waals surface area contributed by atoms with Gasteiger partial charge in [-0.25, -0.2) is 4.39 Å². The highest BCUT2D eigenvalue weighted by Gasteiger charge is 2.29.